The van der Waals surface area contributed by atoms with Crippen molar-refractivity contribution < 1.29 is 12.8 Å². The maximum Gasteiger partial charge on any atom is 0.240 e. The Kier molecular flexibility index (Phi) is 5.07. The number of thiol groups is 1. The van der Waals surface area contributed by atoms with Crippen molar-refractivity contribution in [2.24, 2.45) is 5.14 Å². The number of primary sulfonamides is 1. The van der Waals surface area contributed by atoms with Crippen LogP contribution < -0.4 is 5.14 Å². The highest BCUT2D eigenvalue weighted by Crippen LogP contribution is 2.33. The Morgan fingerprint density at radius 2 is 1.63 bits per heavy atom. The van der Waals surface area contributed by atoms with Gasteiger partial charge in [-0.25, -0.2) is 17.9 Å². The van der Waals surface area contributed by atoms with E-state index < -0.39 is 20.7 Å². The quantitative estimate of drug-likeness (QED) is 0.646. The molecule has 0 unspecified atom stereocenters. The lowest BCUT2D eigenvalue weighted by molar-refractivity contribution is 0.568. The molecule has 4 nitrogen and oxygen atoms in total. The SMILES string of the molecule is Cc1cc(-c2ccc(-c3ccc(S(N)(=O)=O)c(F)c3)cc2S)ccc1C#N. The smallest absolute Gasteiger partial charge is 0.225 e. The van der Waals surface area contributed by atoms with Gasteiger partial charge in [0.05, 0.1) is 11.6 Å². The molecule has 0 heterocycles. The van der Waals surface area contributed by atoms with Gasteiger partial charge in [0.15, 0.2) is 0 Å². The second-order valence-electron chi connectivity index (χ2n) is 6.06. The number of nitriles is 1. The first-order valence-electron chi connectivity index (χ1n) is 7.87. The average molecular weight is 398 g/mol. The third-order valence-corrected chi connectivity index (χ3v) is 5.54. The van der Waals surface area contributed by atoms with E-state index in [9.17, 15) is 12.8 Å². The lowest BCUT2D eigenvalue weighted by Crippen LogP contribution is -2.13. The monoisotopic (exact) mass is 398 g/mol. The summed E-state index contributed by atoms with van der Waals surface area (Å²) in [6.07, 6.45) is 0. The summed E-state index contributed by atoms with van der Waals surface area (Å²) in [7, 11) is -4.11. The third-order valence-electron chi connectivity index (χ3n) is 4.23. The van der Waals surface area contributed by atoms with Crippen LogP contribution >= 0.6 is 12.6 Å². The molecule has 3 rings (SSSR count). The minimum Gasteiger partial charge on any atom is -0.225 e. The van der Waals surface area contributed by atoms with Crippen molar-refractivity contribution in [2.75, 3.05) is 0 Å². The highest BCUT2D eigenvalue weighted by Gasteiger charge is 2.15. The number of hydrogen-bond donors (Lipinski definition) is 2. The van der Waals surface area contributed by atoms with E-state index in [1.807, 2.05) is 25.1 Å². The first-order chi connectivity index (χ1) is 12.7. The Bertz CT molecular complexity index is 1200. The number of halogens is 1. The molecule has 0 aliphatic carbocycles. The Labute approximate surface area is 162 Å². The number of aryl methyl sites for hydroxylation is 1. The number of hydrogen-bond acceptors (Lipinski definition) is 4. The molecule has 0 radical (unpaired) electrons. The summed E-state index contributed by atoms with van der Waals surface area (Å²) < 4.78 is 36.8. The van der Waals surface area contributed by atoms with Crippen LogP contribution in [0.3, 0.4) is 0 Å². The summed E-state index contributed by atoms with van der Waals surface area (Å²) in [5.74, 6) is -0.900. The number of benzene rings is 3. The van der Waals surface area contributed by atoms with E-state index >= 15 is 0 Å². The van der Waals surface area contributed by atoms with Gasteiger partial charge in [0.1, 0.15) is 10.7 Å². The largest absolute Gasteiger partial charge is 0.240 e. The number of sulfonamides is 1. The molecular weight excluding hydrogens is 383 g/mol. The molecule has 0 bridgehead atoms. The van der Waals surface area contributed by atoms with Crippen molar-refractivity contribution in [1.82, 2.24) is 0 Å². The van der Waals surface area contributed by atoms with Crippen LogP contribution in [0.2, 0.25) is 0 Å². The topological polar surface area (TPSA) is 84.0 Å². The Morgan fingerprint density at radius 1 is 1.00 bits per heavy atom. The molecule has 0 spiro atoms. The van der Waals surface area contributed by atoms with E-state index in [-0.39, 0.29) is 0 Å². The first kappa shape index (κ1) is 19.1. The van der Waals surface area contributed by atoms with Gasteiger partial charge in [-0.15, -0.1) is 12.6 Å². The summed E-state index contributed by atoms with van der Waals surface area (Å²) in [6, 6.07) is 16.9. The highest BCUT2D eigenvalue weighted by molar-refractivity contribution is 7.89. The normalized spacial score (nSPS) is 11.2. The maximum atomic E-state index is 14.1. The highest BCUT2D eigenvalue weighted by atomic mass is 32.2. The van der Waals surface area contributed by atoms with Gasteiger partial charge in [0, 0.05) is 4.90 Å². The molecule has 0 fully saturated rings. The zero-order valence-corrected chi connectivity index (χ0v) is 16.0. The van der Waals surface area contributed by atoms with Crippen molar-refractivity contribution in [1.29, 1.82) is 5.26 Å². The van der Waals surface area contributed by atoms with Gasteiger partial charge in [-0.1, -0.05) is 30.3 Å². The lowest BCUT2D eigenvalue weighted by Gasteiger charge is -2.11. The molecule has 0 aliphatic heterocycles. The molecule has 0 saturated heterocycles. The van der Waals surface area contributed by atoms with Crippen molar-refractivity contribution in [3.63, 3.8) is 0 Å². The zero-order chi connectivity index (χ0) is 19.8. The fourth-order valence-electron chi connectivity index (χ4n) is 2.82. The van der Waals surface area contributed by atoms with Crippen LogP contribution in [0.1, 0.15) is 11.1 Å². The number of nitrogens with zero attached hydrogens (tertiary/aromatic N) is 1. The fraction of sp³-hybridized carbons (Fsp3) is 0.0500. The van der Waals surface area contributed by atoms with Crippen LogP contribution in [0.4, 0.5) is 4.39 Å². The molecule has 27 heavy (non-hydrogen) atoms. The fourth-order valence-corrected chi connectivity index (χ4v) is 3.75. The number of nitrogens with two attached hydrogens (primary N) is 1. The van der Waals surface area contributed by atoms with Gasteiger partial charge in [-0.2, -0.15) is 5.26 Å². The van der Waals surface area contributed by atoms with E-state index in [4.69, 9.17) is 10.4 Å². The summed E-state index contributed by atoms with van der Waals surface area (Å²) in [6.45, 7) is 1.87. The molecule has 0 aromatic heterocycles. The summed E-state index contributed by atoms with van der Waals surface area (Å²) in [5.41, 5.74) is 4.47. The van der Waals surface area contributed by atoms with E-state index in [0.717, 1.165) is 28.8 Å². The van der Waals surface area contributed by atoms with Gasteiger partial charge in [0.2, 0.25) is 10.0 Å². The van der Waals surface area contributed by atoms with Crippen LogP contribution in [0.25, 0.3) is 22.3 Å². The molecule has 136 valence electrons. The number of rotatable bonds is 3. The molecule has 3 aromatic carbocycles. The van der Waals surface area contributed by atoms with Gasteiger partial charge < -0.3 is 0 Å². The van der Waals surface area contributed by atoms with Gasteiger partial charge in [0.25, 0.3) is 0 Å². The van der Waals surface area contributed by atoms with Crippen LogP contribution in [0.15, 0.2) is 64.4 Å². The van der Waals surface area contributed by atoms with E-state index in [0.29, 0.717) is 21.6 Å². The standard InChI is InChI=1S/C20H15FN2O2S2/c1-12-8-15(2-3-16(12)11-22)17-6-4-14(10-19(17)26)13-5-7-20(18(21)9-13)27(23,24)25/h2-10,26H,1H3,(H2,23,24,25). The maximum absolute atomic E-state index is 14.1. The second-order valence-corrected chi connectivity index (χ2v) is 8.08. The third kappa shape index (κ3) is 3.88. The molecule has 7 heteroatoms. The van der Waals surface area contributed by atoms with E-state index in [1.165, 1.54) is 6.07 Å². The Hall–Kier alpha value is -2.66. The first-order valence-corrected chi connectivity index (χ1v) is 9.87. The van der Waals surface area contributed by atoms with Crippen molar-refractivity contribution in [3.05, 3.63) is 71.5 Å². The minimum absolute atomic E-state index is 0.512. The molecule has 0 atom stereocenters. The lowest BCUT2D eigenvalue weighted by atomic mass is 9.97. The van der Waals surface area contributed by atoms with Crippen LogP contribution in [0, 0.1) is 24.1 Å². The van der Waals surface area contributed by atoms with Gasteiger partial charge >= 0.3 is 0 Å². The minimum atomic E-state index is -4.11. The Balaban J connectivity index is 2.02. The van der Waals surface area contributed by atoms with Crippen LogP contribution in [-0.2, 0) is 10.0 Å². The van der Waals surface area contributed by atoms with Crippen molar-refractivity contribution in [2.45, 2.75) is 16.7 Å². The van der Waals surface area contributed by atoms with Gasteiger partial charge in [-0.05, 0) is 59.0 Å². The molecule has 0 amide bonds. The molecular formula is C20H15FN2O2S2. The summed E-state index contributed by atoms with van der Waals surface area (Å²) in [5, 5.41) is 14.0. The van der Waals surface area contributed by atoms with Crippen molar-refractivity contribution in [3.8, 4) is 28.3 Å². The molecule has 0 aliphatic rings. The average Bonchev–Trinajstić information content (AvgIpc) is 2.60. The van der Waals surface area contributed by atoms with Crippen molar-refractivity contribution >= 4 is 22.7 Å². The van der Waals surface area contributed by atoms with E-state index in [2.05, 4.69) is 18.7 Å². The summed E-state index contributed by atoms with van der Waals surface area (Å²) in [4.78, 5) is 0.134. The van der Waals surface area contributed by atoms with Crippen LogP contribution in [-0.4, -0.2) is 8.42 Å². The Morgan fingerprint density at radius 3 is 2.19 bits per heavy atom. The molecule has 0 saturated carbocycles. The van der Waals surface area contributed by atoms with Crippen LogP contribution in [0.5, 0.6) is 0 Å². The predicted octanol–water partition coefficient (Wildman–Crippen LogP) is 4.28. The van der Waals surface area contributed by atoms with E-state index in [1.54, 1.807) is 18.2 Å². The van der Waals surface area contributed by atoms with Gasteiger partial charge in [-0.3, -0.25) is 0 Å². The zero-order valence-electron chi connectivity index (χ0n) is 14.3. The predicted molar refractivity (Wildman–Crippen MR) is 105 cm³/mol. The molecule has 3 aromatic rings. The second kappa shape index (κ2) is 7.16. The summed E-state index contributed by atoms with van der Waals surface area (Å²) >= 11 is 4.53. The molecule has 2 N–H and O–H groups in total.